The second kappa shape index (κ2) is 6.01. The van der Waals surface area contributed by atoms with E-state index in [0.717, 1.165) is 12.1 Å². The molecular weight excluding hydrogens is 342 g/mol. The zero-order chi connectivity index (χ0) is 19.2. The minimum Gasteiger partial charge on any atom is -0.368 e. The van der Waals surface area contributed by atoms with Crippen molar-refractivity contribution in [2.24, 2.45) is 5.73 Å². The molecule has 1 heterocycles. The minimum atomic E-state index is -2.16. The van der Waals surface area contributed by atoms with E-state index in [2.05, 4.69) is 0 Å². The van der Waals surface area contributed by atoms with Crippen molar-refractivity contribution in [3.05, 3.63) is 64.7 Å². The normalized spacial score (nSPS) is 18.8. The third-order valence-corrected chi connectivity index (χ3v) is 4.68. The number of likely N-dealkylation sites (N-methyl/N-ethyl adjacent to an activating group) is 1. The summed E-state index contributed by atoms with van der Waals surface area (Å²) in [6, 6.07) is 7.01. The largest absolute Gasteiger partial charge is 0.368 e. The number of carbonyl (C=O) groups is 3. The zero-order valence-corrected chi connectivity index (χ0v) is 14.2. The van der Waals surface area contributed by atoms with Crippen molar-refractivity contribution in [3.8, 4) is 0 Å². The van der Waals surface area contributed by atoms with Gasteiger partial charge in [0.25, 0.3) is 5.91 Å². The Balaban J connectivity index is 2.43. The fourth-order valence-corrected chi connectivity index (χ4v) is 3.46. The zero-order valence-electron chi connectivity index (χ0n) is 14.2. The van der Waals surface area contributed by atoms with Crippen LogP contribution in [-0.2, 0) is 15.0 Å². The van der Waals surface area contributed by atoms with E-state index in [4.69, 9.17) is 5.73 Å². The van der Waals surface area contributed by atoms with Crippen LogP contribution in [-0.4, -0.2) is 24.1 Å². The quantitative estimate of drug-likeness (QED) is 0.673. The number of Topliss-reactive ketones (excluding diaryl/α,β-unsaturated/α-hetero) is 1. The fourth-order valence-electron chi connectivity index (χ4n) is 3.46. The van der Waals surface area contributed by atoms with Crippen molar-refractivity contribution >= 4 is 23.3 Å². The number of primary amides is 1. The minimum absolute atomic E-state index is 0.120. The molecule has 0 saturated heterocycles. The average molecular weight is 358 g/mol. The Labute approximate surface area is 148 Å². The van der Waals surface area contributed by atoms with E-state index < -0.39 is 28.9 Å². The lowest BCUT2D eigenvalue weighted by atomic mass is 9.74. The Morgan fingerprint density at radius 1 is 1.12 bits per heavy atom. The Morgan fingerprint density at radius 2 is 1.81 bits per heavy atom. The standard InChI is InChI=1S/C19H16F2N2O3/c1-3-23-16-7-4-11(10(2)24)8-14(16)19(17(22)25,18(23)26)13-6-5-12(20)9-15(13)21/h4-9H,3H2,1-2H3,(H2,22,25). The molecule has 134 valence electrons. The monoisotopic (exact) mass is 358 g/mol. The number of nitrogens with two attached hydrogens (primary N) is 1. The number of amides is 2. The number of halogens is 2. The van der Waals surface area contributed by atoms with Crippen LogP contribution in [0.15, 0.2) is 36.4 Å². The first-order valence-electron chi connectivity index (χ1n) is 7.98. The highest BCUT2D eigenvalue weighted by Gasteiger charge is 2.57. The van der Waals surface area contributed by atoms with Crippen LogP contribution in [0.5, 0.6) is 0 Å². The molecular formula is C19H16F2N2O3. The topological polar surface area (TPSA) is 80.5 Å². The smallest absolute Gasteiger partial charge is 0.251 e. The lowest BCUT2D eigenvalue weighted by molar-refractivity contribution is -0.131. The van der Waals surface area contributed by atoms with Gasteiger partial charge < -0.3 is 10.6 Å². The molecule has 7 heteroatoms. The number of fused-ring (bicyclic) bond motifs is 1. The highest BCUT2D eigenvalue weighted by atomic mass is 19.1. The van der Waals surface area contributed by atoms with Gasteiger partial charge in [-0.25, -0.2) is 8.78 Å². The summed E-state index contributed by atoms with van der Waals surface area (Å²) in [6.45, 7) is 3.24. The molecule has 0 saturated carbocycles. The summed E-state index contributed by atoms with van der Waals surface area (Å²) in [5.41, 5.74) is 3.83. The van der Waals surface area contributed by atoms with E-state index in [1.165, 1.54) is 30.0 Å². The van der Waals surface area contributed by atoms with Gasteiger partial charge in [-0.05, 0) is 38.1 Å². The number of nitrogens with zero attached hydrogens (tertiary/aromatic N) is 1. The van der Waals surface area contributed by atoms with Crippen LogP contribution < -0.4 is 10.6 Å². The van der Waals surface area contributed by atoms with Crippen LogP contribution in [0.4, 0.5) is 14.5 Å². The van der Waals surface area contributed by atoms with Crippen molar-refractivity contribution in [2.75, 3.05) is 11.4 Å². The average Bonchev–Trinajstić information content (AvgIpc) is 2.83. The van der Waals surface area contributed by atoms with E-state index in [9.17, 15) is 23.2 Å². The molecule has 3 rings (SSSR count). The number of ketones is 1. The van der Waals surface area contributed by atoms with Gasteiger partial charge in [-0.1, -0.05) is 6.07 Å². The summed E-state index contributed by atoms with van der Waals surface area (Å²) < 4.78 is 27.9. The number of hydrogen-bond acceptors (Lipinski definition) is 3. The van der Waals surface area contributed by atoms with E-state index >= 15 is 0 Å². The van der Waals surface area contributed by atoms with Gasteiger partial charge in [-0.2, -0.15) is 0 Å². The lowest BCUT2D eigenvalue weighted by Crippen LogP contribution is -2.51. The van der Waals surface area contributed by atoms with E-state index in [-0.39, 0.29) is 29.0 Å². The highest BCUT2D eigenvalue weighted by Crippen LogP contribution is 2.47. The first-order valence-corrected chi connectivity index (χ1v) is 7.98. The molecule has 1 aliphatic heterocycles. The van der Waals surface area contributed by atoms with Crippen LogP contribution >= 0.6 is 0 Å². The molecule has 1 unspecified atom stereocenters. The number of benzene rings is 2. The van der Waals surface area contributed by atoms with Gasteiger partial charge in [0.1, 0.15) is 11.6 Å². The molecule has 2 aromatic rings. The maximum Gasteiger partial charge on any atom is 0.251 e. The van der Waals surface area contributed by atoms with E-state index in [0.29, 0.717) is 11.8 Å². The molecule has 0 radical (unpaired) electrons. The second-order valence-corrected chi connectivity index (χ2v) is 6.08. The molecule has 0 aromatic heterocycles. The SMILES string of the molecule is CCN1C(=O)C(C(N)=O)(c2ccc(F)cc2F)c2cc(C(C)=O)ccc21. The molecule has 0 bridgehead atoms. The molecule has 5 nitrogen and oxygen atoms in total. The molecule has 2 amide bonds. The molecule has 26 heavy (non-hydrogen) atoms. The maximum absolute atomic E-state index is 14.6. The summed E-state index contributed by atoms with van der Waals surface area (Å²) in [7, 11) is 0. The molecule has 0 fully saturated rings. The van der Waals surface area contributed by atoms with Crippen molar-refractivity contribution in [1.82, 2.24) is 0 Å². The van der Waals surface area contributed by atoms with Crippen molar-refractivity contribution in [1.29, 1.82) is 0 Å². The number of hydrogen-bond donors (Lipinski definition) is 1. The van der Waals surface area contributed by atoms with Gasteiger partial charge in [0.2, 0.25) is 5.91 Å². The van der Waals surface area contributed by atoms with Gasteiger partial charge in [0.05, 0.1) is 0 Å². The van der Waals surface area contributed by atoms with Crippen molar-refractivity contribution < 1.29 is 23.2 Å². The molecule has 2 aromatic carbocycles. The van der Waals surface area contributed by atoms with Gasteiger partial charge in [0.15, 0.2) is 11.2 Å². The number of carbonyl (C=O) groups excluding carboxylic acids is 3. The lowest BCUT2D eigenvalue weighted by Gasteiger charge is -2.26. The van der Waals surface area contributed by atoms with Crippen LogP contribution in [0.25, 0.3) is 0 Å². The predicted molar refractivity (Wildman–Crippen MR) is 90.8 cm³/mol. The maximum atomic E-state index is 14.6. The molecule has 2 N–H and O–H groups in total. The summed E-state index contributed by atoms with van der Waals surface area (Å²) >= 11 is 0. The Hall–Kier alpha value is -3.09. The summed E-state index contributed by atoms with van der Waals surface area (Å²) in [5, 5.41) is 0. The Morgan fingerprint density at radius 3 is 2.35 bits per heavy atom. The van der Waals surface area contributed by atoms with Gasteiger partial charge >= 0.3 is 0 Å². The first-order chi connectivity index (χ1) is 12.2. The van der Waals surface area contributed by atoms with Gasteiger partial charge in [0, 0.05) is 35.0 Å². The van der Waals surface area contributed by atoms with Crippen LogP contribution in [0.2, 0.25) is 0 Å². The van der Waals surface area contributed by atoms with Crippen LogP contribution in [0, 0.1) is 11.6 Å². The summed E-state index contributed by atoms with van der Waals surface area (Å²) in [5.74, 6) is -4.01. The highest BCUT2D eigenvalue weighted by molar-refractivity contribution is 6.24. The molecule has 0 spiro atoms. The van der Waals surface area contributed by atoms with Crippen molar-refractivity contribution in [3.63, 3.8) is 0 Å². The summed E-state index contributed by atoms with van der Waals surface area (Å²) in [6.07, 6.45) is 0. The summed E-state index contributed by atoms with van der Waals surface area (Å²) in [4.78, 5) is 38.7. The molecule has 1 atom stereocenters. The van der Waals surface area contributed by atoms with Crippen LogP contribution in [0.3, 0.4) is 0 Å². The third-order valence-electron chi connectivity index (χ3n) is 4.68. The molecule has 0 aliphatic carbocycles. The Kier molecular flexibility index (Phi) is 4.10. The van der Waals surface area contributed by atoms with Crippen LogP contribution in [0.1, 0.15) is 35.3 Å². The van der Waals surface area contributed by atoms with Gasteiger partial charge in [-0.3, -0.25) is 14.4 Å². The third kappa shape index (κ3) is 2.23. The molecule has 1 aliphatic rings. The number of anilines is 1. The fraction of sp³-hybridized carbons (Fsp3) is 0.211. The van der Waals surface area contributed by atoms with Gasteiger partial charge in [-0.15, -0.1) is 0 Å². The number of rotatable bonds is 4. The van der Waals surface area contributed by atoms with E-state index in [1.807, 2.05) is 0 Å². The Bertz CT molecular complexity index is 958. The second-order valence-electron chi connectivity index (χ2n) is 6.08. The van der Waals surface area contributed by atoms with Crippen molar-refractivity contribution in [2.45, 2.75) is 19.3 Å². The first kappa shape index (κ1) is 17.7. The predicted octanol–water partition coefficient (Wildman–Crippen LogP) is 2.31. The van der Waals surface area contributed by atoms with E-state index in [1.54, 1.807) is 6.92 Å².